The van der Waals surface area contributed by atoms with Crippen molar-refractivity contribution in [3.8, 4) is 6.07 Å². The van der Waals surface area contributed by atoms with Crippen LogP contribution in [0.2, 0.25) is 0 Å². The van der Waals surface area contributed by atoms with Gasteiger partial charge in [0.05, 0.1) is 24.8 Å². The summed E-state index contributed by atoms with van der Waals surface area (Å²) in [5.74, 6) is 0.714. The van der Waals surface area contributed by atoms with Crippen molar-refractivity contribution in [2.75, 3.05) is 38.9 Å². The third-order valence-electron chi connectivity index (χ3n) is 3.19. The van der Waals surface area contributed by atoms with Gasteiger partial charge in [0.25, 0.3) is 0 Å². The second-order valence-electron chi connectivity index (χ2n) is 4.88. The van der Waals surface area contributed by atoms with Gasteiger partial charge in [0.2, 0.25) is 0 Å². The Morgan fingerprint density at radius 1 is 1.35 bits per heavy atom. The Kier molecular flexibility index (Phi) is 6.43. The van der Waals surface area contributed by atoms with E-state index < -0.39 is 0 Å². The van der Waals surface area contributed by atoms with Crippen molar-refractivity contribution in [3.63, 3.8) is 0 Å². The van der Waals surface area contributed by atoms with Crippen molar-refractivity contribution >= 4 is 5.82 Å². The van der Waals surface area contributed by atoms with Gasteiger partial charge in [0.15, 0.2) is 0 Å². The molecular weight excluding hydrogens is 254 g/mol. The van der Waals surface area contributed by atoms with E-state index in [4.69, 9.17) is 9.47 Å². The molecule has 5 nitrogen and oxygen atoms in total. The minimum Gasteiger partial charge on any atom is -0.383 e. The molecule has 0 saturated heterocycles. The Labute approximate surface area is 121 Å². The molecule has 0 aromatic carbocycles. The van der Waals surface area contributed by atoms with Crippen LogP contribution < -0.4 is 4.90 Å². The number of hydrogen-bond donors (Lipinski definition) is 0. The fourth-order valence-corrected chi connectivity index (χ4v) is 2.22. The van der Waals surface area contributed by atoms with Gasteiger partial charge in [-0.2, -0.15) is 5.26 Å². The van der Waals surface area contributed by atoms with Gasteiger partial charge in [-0.25, -0.2) is 4.98 Å². The van der Waals surface area contributed by atoms with Crippen LogP contribution in [-0.4, -0.2) is 45.0 Å². The van der Waals surface area contributed by atoms with Crippen LogP contribution in [-0.2, 0) is 9.47 Å². The van der Waals surface area contributed by atoms with E-state index in [1.165, 1.54) is 0 Å². The lowest BCUT2D eigenvalue weighted by molar-refractivity contribution is 0.170. The number of aryl methyl sites for hydroxylation is 2. The molecule has 0 aliphatic rings. The van der Waals surface area contributed by atoms with Crippen LogP contribution in [0.4, 0.5) is 5.82 Å². The number of methoxy groups -OCH3 is 2. The second kappa shape index (κ2) is 7.83. The summed E-state index contributed by atoms with van der Waals surface area (Å²) >= 11 is 0. The maximum Gasteiger partial charge on any atom is 0.147 e. The van der Waals surface area contributed by atoms with E-state index >= 15 is 0 Å². The summed E-state index contributed by atoms with van der Waals surface area (Å²) in [6, 6.07) is 4.31. The summed E-state index contributed by atoms with van der Waals surface area (Å²) < 4.78 is 10.4. The van der Waals surface area contributed by atoms with Crippen molar-refractivity contribution in [2.45, 2.75) is 26.8 Å². The molecule has 0 aliphatic heterocycles. The fourth-order valence-electron chi connectivity index (χ4n) is 2.22. The Bertz CT molecular complexity index is 483. The molecule has 1 heterocycles. The Balaban J connectivity index is 3.22. The van der Waals surface area contributed by atoms with E-state index in [0.717, 1.165) is 11.3 Å². The van der Waals surface area contributed by atoms with Crippen molar-refractivity contribution in [3.05, 3.63) is 22.9 Å². The largest absolute Gasteiger partial charge is 0.383 e. The SMILES string of the molecule is COCCN(c1nc(C)cc(C)c1C#N)C(C)COC. The molecule has 0 saturated carbocycles. The topological polar surface area (TPSA) is 58.4 Å². The number of hydrogen-bond acceptors (Lipinski definition) is 5. The maximum absolute atomic E-state index is 9.40. The van der Waals surface area contributed by atoms with Gasteiger partial charge in [0.1, 0.15) is 11.9 Å². The monoisotopic (exact) mass is 277 g/mol. The number of nitrogens with zero attached hydrogens (tertiary/aromatic N) is 3. The first kappa shape index (κ1) is 16.4. The first-order valence-corrected chi connectivity index (χ1v) is 6.68. The average Bonchev–Trinajstić information content (AvgIpc) is 2.39. The molecule has 1 atom stereocenters. The molecule has 0 spiro atoms. The Hall–Kier alpha value is -1.64. The second-order valence-corrected chi connectivity index (χ2v) is 4.88. The third-order valence-corrected chi connectivity index (χ3v) is 3.19. The lowest BCUT2D eigenvalue weighted by Gasteiger charge is -2.31. The highest BCUT2D eigenvalue weighted by atomic mass is 16.5. The summed E-state index contributed by atoms with van der Waals surface area (Å²) in [5, 5.41) is 9.40. The van der Waals surface area contributed by atoms with Crippen molar-refractivity contribution in [1.82, 2.24) is 4.98 Å². The third kappa shape index (κ3) is 3.92. The van der Waals surface area contributed by atoms with Crippen LogP contribution in [0.1, 0.15) is 23.7 Å². The van der Waals surface area contributed by atoms with Crippen molar-refractivity contribution in [2.24, 2.45) is 0 Å². The zero-order valence-electron chi connectivity index (χ0n) is 12.9. The van der Waals surface area contributed by atoms with Gasteiger partial charge in [-0.15, -0.1) is 0 Å². The fraction of sp³-hybridized carbons (Fsp3) is 0.600. The van der Waals surface area contributed by atoms with Gasteiger partial charge in [-0.1, -0.05) is 0 Å². The first-order valence-electron chi connectivity index (χ1n) is 6.68. The molecule has 0 fully saturated rings. The van der Waals surface area contributed by atoms with E-state index in [2.05, 4.69) is 22.9 Å². The zero-order chi connectivity index (χ0) is 15.1. The Morgan fingerprint density at radius 2 is 2.05 bits per heavy atom. The molecule has 20 heavy (non-hydrogen) atoms. The minimum absolute atomic E-state index is 0.121. The average molecular weight is 277 g/mol. The summed E-state index contributed by atoms with van der Waals surface area (Å²) in [4.78, 5) is 6.63. The smallest absolute Gasteiger partial charge is 0.147 e. The molecule has 1 unspecified atom stereocenters. The lowest BCUT2D eigenvalue weighted by Crippen LogP contribution is -2.40. The number of rotatable bonds is 7. The molecule has 5 heteroatoms. The van der Waals surface area contributed by atoms with Crippen LogP contribution >= 0.6 is 0 Å². The zero-order valence-corrected chi connectivity index (χ0v) is 12.9. The van der Waals surface area contributed by atoms with Crippen molar-refractivity contribution in [1.29, 1.82) is 5.26 Å². The van der Waals surface area contributed by atoms with E-state index in [0.29, 0.717) is 31.1 Å². The van der Waals surface area contributed by atoms with Gasteiger partial charge in [-0.3, -0.25) is 0 Å². The van der Waals surface area contributed by atoms with Gasteiger partial charge in [-0.05, 0) is 32.4 Å². The summed E-state index contributed by atoms with van der Waals surface area (Å²) in [5.41, 5.74) is 2.47. The van der Waals surface area contributed by atoms with Crippen LogP contribution in [0.5, 0.6) is 0 Å². The van der Waals surface area contributed by atoms with Gasteiger partial charge in [0, 0.05) is 26.5 Å². The number of aromatic nitrogens is 1. The lowest BCUT2D eigenvalue weighted by atomic mass is 10.1. The van der Waals surface area contributed by atoms with Gasteiger partial charge >= 0.3 is 0 Å². The van der Waals surface area contributed by atoms with E-state index in [1.54, 1.807) is 14.2 Å². The predicted octanol–water partition coefficient (Wildman–Crippen LogP) is 2.06. The predicted molar refractivity (Wildman–Crippen MR) is 79.0 cm³/mol. The van der Waals surface area contributed by atoms with Crippen LogP contribution in [0, 0.1) is 25.2 Å². The van der Waals surface area contributed by atoms with Crippen LogP contribution in [0.15, 0.2) is 6.07 Å². The molecule has 0 radical (unpaired) electrons. The van der Waals surface area contributed by atoms with Crippen molar-refractivity contribution < 1.29 is 9.47 Å². The van der Waals surface area contributed by atoms with Gasteiger partial charge < -0.3 is 14.4 Å². The highest BCUT2D eigenvalue weighted by Crippen LogP contribution is 2.23. The quantitative estimate of drug-likeness (QED) is 0.763. The molecular formula is C15H23N3O2. The molecule has 110 valence electrons. The van der Waals surface area contributed by atoms with Crippen LogP contribution in [0.3, 0.4) is 0 Å². The molecule has 0 bridgehead atoms. The normalized spacial score (nSPS) is 12.0. The maximum atomic E-state index is 9.40. The molecule has 0 N–H and O–H groups in total. The summed E-state index contributed by atoms with van der Waals surface area (Å²) in [7, 11) is 3.34. The van der Waals surface area contributed by atoms with E-state index in [1.807, 2.05) is 19.9 Å². The molecule has 1 rings (SSSR count). The molecule has 0 aliphatic carbocycles. The highest BCUT2D eigenvalue weighted by molar-refractivity contribution is 5.58. The molecule has 0 amide bonds. The minimum atomic E-state index is 0.121. The molecule has 1 aromatic heterocycles. The Morgan fingerprint density at radius 3 is 2.60 bits per heavy atom. The number of pyridine rings is 1. The highest BCUT2D eigenvalue weighted by Gasteiger charge is 2.20. The standard InChI is InChI=1S/C15H23N3O2/c1-11-8-12(2)17-15(14(11)9-16)18(6-7-19-4)13(3)10-20-5/h8,13H,6-7,10H2,1-5H3. The van der Waals surface area contributed by atoms with E-state index in [-0.39, 0.29) is 6.04 Å². The summed E-state index contributed by atoms with van der Waals surface area (Å²) in [6.07, 6.45) is 0. The van der Waals surface area contributed by atoms with Crippen LogP contribution in [0.25, 0.3) is 0 Å². The molecule has 1 aromatic rings. The number of nitriles is 1. The summed E-state index contributed by atoms with van der Waals surface area (Å²) in [6.45, 7) is 7.75. The first-order chi connectivity index (χ1) is 9.54. The number of anilines is 1. The number of ether oxygens (including phenoxy) is 2. The van der Waals surface area contributed by atoms with E-state index in [9.17, 15) is 5.26 Å².